The van der Waals surface area contributed by atoms with Crippen LogP contribution in [0, 0.1) is 18.8 Å². The lowest BCUT2D eigenvalue weighted by molar-refractivity contribution is -0.111. The normalized spacial score (nSPS) is 10.7. The number of fused-ring (bicyclic) bond motifs is 2. The molecule has 0 aliphatic rings. The van der Waals surface area contributed by atoms with E-state index in [2.05, 4.69) is 39.0 Å². The third kappa shape index (κ3) is 6.00. The Labute approximate surface area is 229 Å². The van der Waals surface area contributed by atoms with E-state index in [-0.39, 0.29) is 17.6 Å². The Kier molecular flexibility index (Phi) is 7.43. The second-order valence-corrected chi connectivity index (χ2v) is 10.2. The van der Waals surface area contributed by atoms with Crippen LogP contribution in [0.2, 0.25) is 0 Å². The zero-order chi connectivity index (χ0) is 27.4. The number of aromatic hydroxyl groups is 1. The van der Waals surface area contributed by atoms with Gasteiger partial charge in [0, 0.05) is 35.1 Å². The Morgan fingerprint density at radius 3 is 2.77 bits per heavy atom. The highest BCUT2D eigenvalue weighted by Gasteiger charge is 2.12. The van der Waals surface area contributed by atoms with Gasteiger partial charge in [0.2, 0.25) is 5.91 Å². The maximum absolute atomic E-state index is 12.8. The summed E-state index contributed by atoms with van der Waals surface area (Å²) < 4.78 is 0.924. The fourth-order valence-electron chi connectivity index (χ4n) is 4.28. The van der Waals surface area contributed by atoms with Crippen molar-refractivity contribution in [2.45, 2.75) is 26.3 Å². The fraction of sp³-hybridized carbons (Fsp3) is 0.129. The van der Waals surface area contributed by atoms with Crippen LogP contribution in [0.15, 0.2) is 73.3 Å². The van der Waals surface area contributed by atoms with Crippen LogP contribution >= 0.6 is 11.3 Å². The van der Waals surface area contributed by atoms with Crippen LogP contribution in [-0.4, -0.2) is 26.9 Å². The van der Waals surface area contributed by atoms with Crippen molar-refractivity contribution in [1.82, 2.24) is 15.3 Å². The molecule has 0 atom stereocenters. The van der Waals surface area contributed by atoms with Crippen molar-refractivity contribution < 1.29 is 14.7 Å². The number of aromatic amines is 1. The number of aromatic nitrogens is 2. The summed E-state index contributed by atoms with van der Waals surface area (Å²) in [5.74, 6) is 6.03. The minimum atomic E-state index is -0.273. The molecule has 2 amide bonds. The first kappa shape index (κ1) is 25.8. The number of hydrogen-bond donors (Lipinski definition) is 4. The van der Waals surface area contributed by atoms with E-state index in [0.29, 0.717) is 36.3 Å². The fourth-order valence-corrected chi connectivity index (χ4v) is 5.17. The average molecular weight is 535 g/mol. The molecule has 3 aromatic carbocycles. The molecule has 2 heterocycles. The van der Waals surface area contributed by atoms with Gasteiger partial charge in [-0.3, -0.25) is 9.59 Å². The molecule has 5 rings (SSSR count). The number of rotatable bonds is 7. The summed E-state index contributed by atoms with van der Waals surface area (Å²) in [6.07, 6.45) is 2.56. The SMILES string of the molecule is C=CC(=O)Nc1ccc(CNC(=O)c2cc3cccc(CCC#Cc4cc(O)c5nc(C)sc5c4)c3[nH]2)cc1. The Morgan fingerprint density at radius 2 is 1.97 bits per heavy atom. The Morgan fingerprint density at radius 1 is 1.15 bits per heavy atom. The van der Waals surface area contributed by atoms with E-state index in [9.17, 15) is 14.7 Å². The number of carbonyl (C=O) groups excluding carboxylic acids is 2. The van der Waals surface area contributed by atoms with Gasteiger partial charge in [-0.15, -0.1) is 11.3 Å². The number of para-hydroxylation sites is 1. The molecule has 194 valence electrons. The highest BCUT2D eigenvalue weighted by molar-refractivity contribution is 7.18. The number of amides is 2. The van der Waals surface area contributed by atoms with Crippen LogP contribution in [0.4, 0.5) is 5.69 Å². The molecule has 0 aliphatic heterocycles. The first-order chi connectivity index (χ1) is 18.9. The van der Waals surface area contributed by atoms with E-state index in [1.165, 1.54) is 17.4 Å². The Balaban J connectivity index is 1.22. The number of H-pyrrole nitrogens is 1. The average Bonchev–Trinajstić information content (AvgIpc) is 3.54. The second-order valence-electron chi connectivity index (χ2n) is 9.01. The zero-order valence-corrected chi connectivity index (χ0v) is 22.1. The molecule has 0 saturated heterocycles. The minimum Gasteiger partial charge on any atom is -0.506 e. The largest absolute Gasteiger partial charge is 0.506 e. The number of phenols is 1. The van der Waals surface area contributed by atoms with Crippen molar-refractivity contribution in [3.63, 3.8) is 0 Å². The molecule has 0 saturated carbocycles. The maximum atomic E-state index is 12.8. The molecule has 0 fully saturated rings. The smallest absolute Gasteiger partial charge is 0.267 e. The molecule has 4 N–H and O–H groups in total. The monoisotopic (exact) mass is 534 g/mol. The summed E-state index contributed by atoms with van der Waals surface area (Å²) in [7, 11) is 0. The summed E-state index contributed by atoms with van der Waals surface area (Å²) in [5.41, 5.74) is 5.44. The van der Waals surface area contributed by atoms with Gasteiger partial charge in [0.05, 0.1) is 9.71 Å². The van der Waals surface area contributed by atoms with Crippen molar-refractivity contribution in [2.75, 3.05) is 5.32 Å². The zero-order valence-electron chi connectivity index (χ0n) is 21.3. The first-order valence-electron chi connectivity index (χ1n) is 12.4. The van der Waals surface area contributed by atoms with Crippen molar-refractivity contribution in [3.05, 3.63) is 101 Å². The predicted octanol–water partition coefficient (Wildman–Crippen LogP) is 5.83. The van der Waals surface area contributed by atoms with Gasteiger partial charge in [-0.2, -0.15) is 0 Å². The van der Waals surface area contributed by atoms with Gasteiger partial charge in [0.15, 0.2) is 0 Å². The lowest BCUT2D eigenvalue weighted by atomic mass is 10.1. The summed E-state index contributed by atoms with van der Waals surface area (Å²) >= 11 is 1.54. The quantitative estimate of drug-likeness (QED) is 0.156. The third-order valence-corrected chi connectivity index (χ3v) is 7.10. The van der Waals surface area contributed by atoms with Crippen LogP contribution in [-0.2, 0) is 17.8 Å². The molecule has 0 aliphatic carbocycles. The van der Waals surface area contributed by atoms with E-state index in [0.717, 1.165) is 37.3 Å². The van der Waals surface area contributed by atoms with Crippen molar-refractivity contribution in [3.8, 4) is 17.6 Å². The minimum absolute atomic E-state index is 0.150. The van der Waals surface area contributed by atoms with Crippen LogP contribution in [0.25, 0.3) is 21.1 Å². The first-order valence-corrected chi connectivity index (χ1v) is 13.2. The molecular weight excluding hydrogens is 508 g/mol. The highest BCUT2D eigenvalue weighted by atomic mass is 32.1. The molecule has 0 bridgehead atoms. The maximum Gasteiger partial charge on any atom is 0.267 e. The summed E-state index contributed by atoms with van der Waals surface area (Å²) in [6.45, 7) is 5.71. The molecule has 0 radical (unpaired) electrons. The van der Waals surface area contributed by atoms with Crippen LogP contribution < -0.4 is 10.6 Å². The molecule has 5 aromatic rings. The van der Waals surface area contributed by atoms with Crippen LogP contribution in [0.3, 0.4) is 0 Å². The molecule has 8 heteroatoms. The lowest BCUT2D eigenvalue weighted by Crippen LogP contribution is -2.23. The number of thiazole rings is 1. The summed E-state index contributed by atoms with van der Waals surface area (Å²) in [5, 5.41) is 17.7. The number of nitrogens with one attached hydrogen (secondary N) is 3. The van der Waals surface area contributed by atoms with E-state index in [1.54, 1.807) is 18.2 Å². The number of nitrogens with zero attached hydrogens (tertiary/aromatic N) is 1. The molecule has 0 unspecified atom stereocenters. The number of phenolic OH excluding ortho intramolecular Hbond substituents is 1. The molecule has 7 nitrogen and oxygen atoms in total. The van der Waals surface area contributed by atoms with Crippen LogP contribution in [0.1, 0.15) is 38.6 Å². The lowest BCUT2D eigenvalue weighted by Gasteiger charge is -2.06. The van der Waals surface area contributed by atoms with Gasteiger partial charge in [0.1, 0.15) is 17.0 Å². The van der Waals surface area contributed by atoms with Gasteiger partial charge in [-0.25, -0.2) is 4.98 Å². The van der Waals surface area contributed by atoms with Crippen LogP contribution in [0.5, 0.6) is 5.75 Å². The van der Waals surface area contributed by atoms with Gasteiger partial charge in [-0.05, 0) is 60.9 Å². The van der Waals surface area contributed by atoms with Gasteiger partial charge >= 0.3 is 0 Å². The summed E-state index contributed by atoms with van der Waals surface area (Å²) in [4.78, 5) is 31.9. The Hall–Kier alpha value is -4.87. The Bertz CT molecular complexity index is 1770. The van der Waals surface area contributed by atoms with Gasteiger partial charge in [0.25, 0.3) is 5.91 Å². The standard InChI is InChI=1S/C31H26N4O3S/c1-3-28(37)34-24-13-11-20(12-14-24)18-32-31(38)25-17-23-10-6-9-22(29(23)35-25)8-5-4-7-21-15-26(36)30-27(16-21)39-19(2)33-30/h3,6,9-17,35-36H,1,5,8,18H2,2H3,(H,32,38)(H,34,37). The molecular formula is C31H26N4O3S. The predicted molar refractivity (Wildman–Crippen MR) is 156 cm³/mol. The van der Waals surface area contributed by atoms with E-state index in [1.807, 2.05) is 49.4 Å². The number of benzene rings is 3. The number of carbonyl (C=O) groups is 2. The summed E-state index contributed by atoms with van der Waals surface area (Å²) in [6, 6.07) is 18.7. The number of aryl methyl sites for hydroxylation is 2. The third-order valence-electron chi connectivity index (χ3n) is 6.18. The highest BCUT2D eigenvalue weighted by Crippen LogP contribution is 2.30. The van der Waals surface area contributed by atoms with Crippen molar-refractivity contribution in [1.29, 1.82) is 0 Å². The van der Waals surface area contributed by atoms with Crippen molar-refractivity contribution in [2.24, 2.45) is 0 Å². The van der Waals surface area contributed by atoms with Crippen molar-refractivity contribution >= 4 is 50.0 Å². The van der Waals surface area contributed by atoms with Gasteiger partial charge < -0.3 is 20.7 Å². The molecule has 2 aromatic heterocycles. The van der Waals surface area contributed by atoms with Gasteiger partial charge in [-0.1, -0.05) is 48.8 Å². The number of hydrogen-bond acceptors (Lipinski definition) is 5. The van der Waals surface area contributed by atoms with E-state index in [4.69, 9.17) is 0 Å². The molecule has 39 heavy (non-hydrogen) atoms. The molecule has 0 spiro atoms. The van der Waals surface area contributed by atoms with E-state index < -0.39 is 0 Å². The number of anilines is 1. The second kappa shape index (κ2) is 11.3. The van der Waals surface area contributed by atoms with E-state index >= 15 is 0 Å². The topological polar surface area (TPSA) is 107 Å².